The molecule has 0 aliphatic heterocycles. The Kier molecular flexibility index (Phi) is 6.60. The fourth-order valence-corrected chi connectivity index (χ4v) is 1.43. The summed E-state index contributed by atoms with van der Waals surface area (Å²) in [5, 5.41) is 6.70. The lowest BCUT2D eigenvalue weighted by Gasteiger charge is -2.02. The molecule has 0 bridgehead atoms. The summed E-state index contributed by atoms with van der Waals surface area (Å²) in [5.74, 6) is -1.48. The standard InChI is InChI=1S/C13H16ClN3O2/c1-2-3-8-15-12(18)13(19)17-16-9-10-6-4-5-7-11(10)14/h4-7,9H,2-3,8H2,1H3,(H,15,18)(H,17,19). The third kappa shape index (κ3) is 5.52. The van der Waals surface area contributed by atoms with Crippen molar-refractivity contribution in [1.82, 2.24) is 10.7 Å². The Balaban J connectivity index is 2.41. The van der Waals surface area contributed by atoms with Crippen molar-refractivity contribution in [3.05, 3.63) is 34.9 Å². The highest BCUT2D eigenvalue weighted by atomic mass is 35.5. The minimum atomic E-state index is -0.792. The molecule has 0 saturated heterocycles. The normalized spacial score (nSPS) is 10.4. The first-order valence-electron chi connectivity index (χ1n) is 6.01. The van der Waals surface area contributed by atoms with Crippen LogP contribution in [-0.2, 0) is 9.59 Å². The summed E-state index contributed by atoms with van der Waals surface area (Å²) in [7, 11) is 0. The largest absolute Gasteiger partial charge is 0.348 e. The summed E-state index contributed by atoms with van der Waals surface area (Å²) in [6.45, 7) is 2.48. The first-order valence-corrected chi connectivity index (χ1v) is 6.38. The molecular formula is C13H16ClN3O2. The number of hydrogen-bond donors (Lipinski definition) is 2. The van der Waals surface area contributed by atoms with Crippen LogP contribution in [0, 0.1) is 0 Å². The number of nitrogens with one attached hydrogen (secondary N) is 2. The predicted octanol–water partition coefficient (Wildman–Crippen LogP) is 1.71. The molecule has 0 aliphatic rings. The summed E-state index contributed by atoms with van der Waals surface area (Å²) < 4.78 is 0. The summed E-state index contributed by atoms with van der Waals surface area (Å²) in [6, 6.07) is 7.05. The van der Waals surface area contributed by atoms with Crippen LogP contribution in [0.15, 0.2) is 29.4 Å². The number of nitrogens with zero attached hydrogens (tertiary/aromatic N) is 1. The third-order valence-electron chi connectivity index (χ3n) is 2.30. The lowest BCUT2D eigenvalue weighted by molar-refractivity contribution is -0.139. The number of hydrogen-bond acceptors (Lipinski definition) is 3. The van der Waals surface area contributed by atoms with Crippen LogP contribution in [0.5, 0.6) is 0 Å². The van der Waals surface area contributed by atoms with Crippen molar-refractivity contribution in [1.29, 1.82) is 0 Å². The van der Waals surface area contributed by atoms with Gasteiger partial charge in [0.2, 0.25) is 0 Å². The van der Waals surface area contributed by atoms with Gasteiger partial charge in [-0.1, -0.05) is 43.1 Å². The molecule has 1 aromatic rings. The number of rotatable bonds is 5. The number of benzene rings is 1. The van der Waals surface area contributed by atoms with E-state index in [0.29, 0.717) is 17.1 Å². The van der Waals surface area contributed by atoms with Crippen LogP contribution in [0.4, 0.5) is 0 Å². The van der Waals surface area contributed by atoms with Crippen LogP contribution in [0.25, 0.3) is 0 Å². The Morgan fingerprint density at radius 3 is 2.74 bits per heavy atom. The van der Waals surface area contributed by atoms with Crippen molar-refractivity contribution < 1.29 is 9.59 Å². The quantitative estimate of drug-likeness (QED) is 0.373. The van der Waals surface area contributed by atoms with Gasteiger partial charge in [-0.25, -0.2) is 5.43 Å². The molecular weight excluding hydrogens is 266 g/mol. The van der Waals surface area contributed by atoms with Gasteiger partial charge in [-0.15, -0.1) is 0 Å². The number of halogens is 1. The molecule has 1 aromatic carbocycles. The molecule has 0 heterocycles. The van der Waals surface area contributed by atoms with Crippen molar-refractivity contribution in [3.8, 4) is 0 Å². The zero-order valence-electron chi connectivity index (χ0n) is 10.6. The fourth-order valence-electron chi connectivity index (χ4n) is 1.25. The van der Waals surface area contributed by atoms with Crippen LogP contribution >= 0.6 is 11.6 Å². The topological polar surface area (TPSA) is 70.6 Å². The van der Waals surface area contributed by atoms with E-state index in [1.54, 1.807) is 24.3 Å². The van der Waals surface area contributed by atoms with Gasteiger partial charge >= 0.3 is 11.8 Å². The van der Waals surface area contributed by atoms with Crippen molar-refractivity contribution in [3.63, 3.8) is 0 Å². The highest BCUT2D eigenvalue weighted by Gasteiger charge is 2.10. The van der Waals surface area contributed by atoms with Crippen LogP contribution in [0.2, 0.25) is 5.02 Å². The second-order valence-electron chi connectivity index (χ2n) is 3.83. The van der Waals surface area contributed by atoms with Crippen LogP contribution in [-0.4, -0.2) is 24.6 Å². The molecule has 2 N–H and O–H groups in total. The highest BCUT2D eigenvalue weighted by Crippen LogP contribution is 2.11. The maximum Gasteiger partial charge on any atom is 0.329 e. The Morgan fingerprint density at radius 2 is 2.05 bits per heavy atom. The van der Waals surface area contributed by atoms with Crippen molar-refractivity contribution in [2.24, 2.45) is 5.10 Å². The molecule has 0 saturated carbocycles. The van der Waals surface area contributed by atoms with Crippen molar-refractivity contribution in [2.45, 2.75) is 19.8 Å². The molecule has 19 heavy (non-hydrogen) atoms. The molecule has 0 aromatic heterocycles. The summed E-state index contributed by atoms with van der Waals surface area (Å²) in [6.07, 6.45) is 3.17. The number of amides is 2. The Hall–Kier alpha value is -1.88. The van der Waals surface area contributed by atoms with Gasteiger partial charge < -0.3 is 5.32 Å². The molecule has 0 aliphatic carbocycles. The van der Waals surface area contributed by atoms with E-state index in [4.69, 9.17) is 11.6 Å². The average Bonchev–Trinajstić information content (AvgIpc) is 2.41. The monoisotopic (exact) mass is 281 g/mol. The molecule has 2 amide bonds. The van der Waals surface area contributed by atoms with E-state index in [9.17, 15) is 9.59 Å². The van der Waals surface area contributed by atoms with Crippen molar-refractivity contribution in [2.75, 3.05) is 6.54 Å². The molecule has 5 nitrogen and oxygen atoms in total. The van der Waals surface area contributed by atoms with Gasteiger partial charge in [-0.2, -0.15) is 5.10 Å². The molecule has 0 unspecified atom stereocenters. The van der Waals surface area contributed by atoms with Crippen LogP contribution in [0.3, 0.4) is 0 Å². The number of carbonyl (C=O) groups is 2. The molecule has 0 atom stereocenters. The number of unbranched alkanes of at least 4 members (excludes halogenated alkanes) is 1. The molecule has 6 heteroatoms. The van der Waals surface area contributed by atoms with Gasteiger partial charge in [0.1, 0.15) is 0 Å². The number of hydrazone groups is 1. The van der Waals surface area contributed by atoms with Gasteiger partial charge in [0, 0.05) is 17.1 Å². The SMILES string of the molecule is CCCCNC(=O)C(=O)NN=Cc1ccccc1Cl. The van der Waals surface area contributed by atoms with Gasteiger partial charge in [0.15, 0.2) is 0 Å². The van der Waals surface area contributed by atoms with E-state index in [1.807, 2.05) is 6.92 Å². The van der Waals surface area contributed by atoms with Gasteiger partial charge in [-0.05, 0) is 12.5 Å². The van der Waals surface area contributed by atoms with E-state index in [-0.39, 0.29) is 0 Å². The Labute approximate surface area is 117 Å². The smallest absolute Gasteiger partial charge is 0.329 e. The Morgan fingerprint density at radius 1 is 1.32 bits per heavy atom. The average molecular weight is 282 g/mol. The maximum atomic E-state index is 11.3. The molecule has 0 spiro atoms. The lowest BCUT2D eigenvalue weighted by Crippen LogP contribution is -2.38. The van der Waals surface area contributed by atoms with Crippen molar-refractivity contribution >= 4 is 29.6 Å². The third-order valence-corrected chi connectivity index (χ3v) is 2.64. The van der Waals surface area contributed by atoms with Gasteiger partial charge in [0.05, 0.1) is 6.21 Å². The highest BCUT2D eigenvalue weighted by molar-refractivity contribution is 6.35. The lowest BCUT2D eigenvalue weighted by atomic mass is 10.2. The molecule has 102 valence electrons. The van der Waals surface area contributed by atoms with E-state index >= 15 is 0 Å². The Bertz CT molecular complexity index is 475. The van der Waals surface area contributed by atoms with E-state index in [1.165, 1.54) is 6.21 Å². The summed E-state index contributed by atoms with van der Waals surface area (Å²) in [4.78, 5) is 22.6. The molecule has 0 radical (unpaired) electrons. The predicted molar refractivity (Wildman–Crippen MR) is 75.1 cm³/mol. The second kappa shape index (κ2) is 8.26. The van der Waals surface area contributed by atoms with Crippen LogP contribution < -0.4 is 10.7 Å². The van der Waals surface area contributed by atoms with E-state index in [2.05, 4.69) is 15.8 Å². The van der Waals surface area contributed by atoms with Crippen LogP contribution in [0.1, 0.15) is 25.3 Å². The fraction of sp³-hybridized carbons (Fsp3) is 0.308. The first kappa shape index (κ1) is 15.2. The van der Waals surface area contributed by atoms with Gasteiger partial charge in [0.25, 0.3) is 0 Å². The summed E-state index contributed by atoms with van der Waals surface area (Å²) in [5.41, 5.74) is 2.81. The molecule has 0 fully saturated rings. The first-order chi connectivity index (χ1) is 9.15. The number of carbonyl (C=O) groups excluding carboxylic acids is 2. The summed E-state index contributed by atoms with van der Waals surface area (Å²) >= 11 is 5.90. The zero-order valence-corrected chi connectivity index (χ0v) is 11.4. The maximum absolute atomic E-state index is 11.3. The minimum absolute atomic E-state index is 0.483. The minimum Gasteiger partial charge on any atom is -0.348 e. The van der Waals surface area contributed by atoms with E-state index in [0.717, 1.165) is 12.8 Å². The van der Waals surface area contributed by atoms with Gasteiger partial charge in [-0.3, -0.25) is 9.59 Å². The molecule has 1 rings (SSSR count). The zero-order chi connectivity index (χ0) is 14.1. The van der Waals surface area contributed by atoms with E-state index < -0.39 is 11.8 Å². The second-order valence-corrected chi connectivity index (χ2v) is 4.24.